The molecule has 1 fully saturated rings. The van der Waals surface area contributed by atoms with Gasteiger partial charge in [0.15, 0.2) is 9.84 Å². The van der Waals surface area contributed by atoms with Gasteiger partial charge in [0, 0.05) is 12.5 Å². The van der Waals surface area contributed by atoms with E-state index in [1.54, 1.807) is 6.07 Å². The smallest absolute Gasteiger partial charge is 0.157 e. The predicted molar refractivity (Wildman–Crippen MR) is 44.4 cm³/mol. The molecule has 0 aromatic rings. The summed E-state index contributed by atoms with van der Waals surface area (Å²) in [4.78, 5) is 0. The fraction of sp³-hybridized carbons (Fsp3) is 0.857. The van der Waals surface area contributed by atoms with E-state index in [-0.39, 0.29) is 12.2 Å². The molecule has 5 nitrogen and oxygen atoms in total. The summed E-state index contributed by atoms with van der Waals surface area (Å²) >= 11 is 0. The number of aliphatic hydroxyl groups excluding tert-OH is 2. The molecule has 0 aliphatic carbocycles. The normalized spacial score (nSPS) is 37.2. The summed E-state index contributed by atoms with van der Waals surface area (Å²) in [5.41, 5.74) is 0. The van der Waals surface area contributed by atoms with E-state index < -0.39 is 33.7 Å². The second kappa shape index (κ2) is 3.62. The molecule has 0 aromatic heterocycles. The number of sulfone groups is 1. The first-order chi connectivity index (χ1) is 6.03. The first-order valence-corrected chi connectivity index (χ1v) is 5.62. The van der Waals surface area contributed by atoms with Gasteiger partial charge in [-0.1, -0.05) is 0 Å². The van der Waals surface area contributed by atoms with Gasteiger partial charge in [-0.15, -0.1) is 0 Å². The Morgan fingerprint density at radius 3 is 2.62 bits per heavy atom. The molecule has 0 saturated carbocycles. The number of hydrogen-bond donors (Lipinski definition) is 2. The topological polar surface area (TPSA) is 98.4 Å². The number of nitriles is 1. The Bertz CT molecular complexity index is 318. The van der Waals surface area contributed by atoms with E-state index in [0.717, 1.165) is 0 Å². The number of hydrogen-bond acceptors (Lipinski definition) is 5. The highest BCUT2D eigenvalue weighted by Gasteiger charge is 2.45. The SMILES string of the molecule is N#CCC1C(CO)C(O)CS1(=O)=O. The highest BCUT2D eigenvalue weighted by Crippen LogP contribution is 2.29. The number of nitrogens with zero attached hydrogens (tertiary/aromatic N) is 1. The van der Waals surface area contributed by atoms with Crippen LogP contribution in [0.5, 0.6) is 0 Å². The summed E-state index contributed by atoms with van der Waals surface area (Å²) in [5.74, 6) is -1.05. The molecule has 1 aliphatic rings. The van der Waals surface area contributed by atoms with Crippen molar-refractivity contribution in [2.45, 2.75) is 17.8 Å². The Morgan fingerprint density at radius 1 is 1.54 bits per heavy atom. The highest BCUT2D eigenvalue weighted by molar-refractivity contribution is 7.92. The van der Waals surface area contributed by atoms with Gasteiger partial charge in [-0.05, 0) is 0 Å². The van der Waals surface area contributed by atoms with E-state index in [4.69, 9.17) is 10.4 Å². The van der Waals surface area contributed by atoms with Crippen LogP contribution in [0.2, 0.25) is 0 Å². The van der Waals surface area contributed by atoms with Crippen molar-refractivity contribution in [2.24, 2.45) is 5.92 Å². The van der Waals surface area contributed by atoms with Gasteiger partial charge in [0.2, 0.25) is 0 Å². The van der Waals surface area contributed by atoms with Crippen LogP contribution in [0.25, 0.3) is 0 Å². The molecule has 13 heavy (non-hydrogen) atoms. The van der Waals surface area contributed by atoms with Gasteiger partial charge in [-0.2, -0.15) is 5.26 Å². The summed E-state index contributed by atoms with van der Waals surface area (Å²) in [5, 5.41) is 25.6. The summed E-state index contributed by atoms with van der Waals surface area (Å²) in [6, 6.07) is 1.75. The molecule has 0 spiro atoms. The predicted octanol–water partition coefficient (Wildman–Crippen LogP) is -1.33. The molecule has 0 bridgehead atoms. The third kappa shape index (κ3) is 1.82. The zero-order valence-corrected chi connectivity index (χ0v) is 7.74. The Morgan fingerprint density at radius 2 is 2.15 bits per heavy atom. The second-order valence-corrected chi connectivity index (χ2v) is 5.41. The molecule has 74 valence electrons. The van der Waals surface area contributed by atoms with Gasteiger partial charge in [0.1, 0.15) is 0 Å². The molecule has 0 radical (unpaired) electrons. The van der Waals surface area contributed by atoms with Crippen molar-refractivity contribution in [1.29, 1.82) is 5.26 Å². The fourth-order valence-electron chi connectivity index (χ4n) is 1.61. The molecule has 1 heterocycles. The zero-order valence-electron chi connectivity index (χ0n) is 6.92. The number of rotatable bonds is 2. The quantitative estimate of drug-likeness (QED) is 0.581. The minimum absolute atomic E-state index is 0.162. The minimum Gasteiger partial charge on any atom is -0.396 e. The van der Waals surface area contributed by atoms with Crippen LogP contribution in [0.3, 0.4) is 0 Å². The average Bonchev–Trinajstić information content (AvgIpc) is 2.23. The van der Waals surface area contributed by atoms with Crippen molar-refractivity contribution in [3.05, 3.63) is 0 Å². The number of aliphatic hydroxyl groups is 2. The van der Waals surface area contributed by atoms with Crippen LogP contribution in [0, 0.1) is 17.2 Å². The third-order valence-corrected chi connectivity index (χ3v) is 4.58. The third-order valence-electron chi connectivity index (χ3n) is 2.34. The molecule has 2 N–H and O–H groups in total. The monoisotopic (exact) mass is 205 g/mol. The largest absolute Gasteiger partial charge is 0.396 e. The average molecular weight is 205 g/mol. The lowest BCUT2D eigenvalue weighted by Crippen LogP contribution is -2.28. The van der Waals surface area contributed by atoms with Gasteiger partial charge < -0.3 is 10.2 Å². The van der Waals surface area contributed by atoms with Crippen molar-refractivity contribution in [1.82, 2.24) is 0 Å². The molecular weight excluding hydrogens is 194 g/mol. The van der Waals surface area contributed by atoms with E-state index >= 15 is 0 Å². The van der Waals surface area contributed by atoms with Crippen LogP contribution < -0.4 is 0 Å². The van der Waals surface area contributed by atoms with Crippen LogP contribution in [0.1, 0.15) is 6.42 Å². The van der Waals surface area contributed by atoms with E-state index in [0.29, 0.717) is 0 Å². The molecule has 0 amide bonds. The van der Waals surface area contributed by atoms with Crippen LogP contribution in [-0.2, 0) is 9.84 Å². The molecule has 1 rings (SSSR count). The molecule has 3 unspecified atom stereocenters. The molecule has 3 atom stereocenters. The minimum atomic E-state index is -3.39. The van der Waals surface area contributed by atoms with E-state index in [1.165, 1.54) is 0 Å². The standard InChI is InChI=1S/C7H11NO4S/c8-2-1-7-5(3-9)6(10)4-13(7,11)12/h5-7,9-10H,1,3-4H2. The maximum Gasteiger partial charge on any atom is 0.157 e. The van der Waals surface area contributed by atoms with Crippen LogP contribution in [0.15, 0.2) is 0 Å². The van der Waals surface area contributed by atoms with Gasteiger partial charge in [-0.3, -0.25) is 0 Å². The fourth-order valence-corrected chi connectivity index (χ4v) is 3.71. The van der Waals surface area contributed by atoms with Crippen molar-refractivity contribution in [2.75, 3.05) is 12.4 Å². The van der Waals surface area contributed by atoms with Gasteiger partial charge in [0.05, 0.1) is 29.6 Å². The summed E-state index contributed by atoms with van der Waals surface area (Å²) in [6.07, 6.45) is -1.20. The van der Waals surface area contributed by atoms with E-state index in [9.17, 15) is 13.5 Å². The Hall–Kier alpha value is -0.640. The summed E-state index contributed by atoms with van der Waals surface area (Å²) in [6.45, 7) is -0.396. The van der Waals surface area contributed by atoms with Crippen LogP contribution in [0.4, 0.5) is 0 Å². The van der Waals surface area contributed by atoms with Crippen molar-refractivity contribution >= 4 is 9.84 Å². The first kappa shape index (κ1) is 10.4. The first-order valence-electron chi connectivity index (χ1n) is 3.90. The maximum absolute atomic E-state index is 11.3. The van der Waals surface area contributed by atoms with Crippen LogP contribution >= 0.6 is 0 Å². The van der Waals surface area contributed by atoms with E-state index in [1.807, 2.05) is 0 Å². The lowest BCUT2D eigenvalue weighted by Gasteiger charge is -2.14. The lowest BCUT2D eigenvalue weighted by molar-refractivity contribution is 0.0919. The summed E-state index contributed by atoms with van der Waals surface area (Å²) < 4.78 is 22.6. The van der Waals surface area contributed by atoms with Crippen LogP contribution in [-0.4, -0.2) is 42.3 Å². The maximum atomic E-state index is 11.3. The molecular formula is C7H11NO4S. The Balaban J connectivity index is 2.93. The van der Waals surface area contributed by atoms with Gasteiger partial charge >= 0.3 is 0 Å². The lowest BCUT2D eigenvalue weighted by atomic mass is 9.99. The molecule has 1 saturated heterocycles. The zero-order chi connectivity index (χ0) is 10.1. The molecule has 6 heteroatoms. The Labute approximate surface area is 76.5 Å². The van der Waals surface area contributed by atoms with Gasteiger partial charge in [-0.25, -0.2) is 8.42 Å². The van der Waals surface area contributed by atoms with E-state index in [2.05, 4.69) is 0 Å². The Kier molecular flexibility index (Phi) is 2.91. The molecule has 1 aliphatic heterocycles. The second-order valence-electron chi connectivity index (χ2n) is 3.14. The van der Waals surface area contributed by atoms with Gasteiger partial charge in [0.25, 0.3) is 0 Å². The molecule has 0 aromatic carbocycles. The van der Waals surface area contributed by atoms with Crippen molar-refractivity contribution in [3.63, 3.8) is 0 Å². The summed E-state index contributed by atoms with van der Waals surface area (Å²) in [7, 11) is -3.39. The van der Waals surface area contributed by atoms with Crippen molar-refractivity contribution in [3.8, 4) is 6.07 Å². The van der Waals surface area contributed by atoms with Crippen molar-refractivity contribution < 1.29 is 18.6 Å². The highest BCUT2D eigenvalue weighted by atomic mass is 32.2.